The molecule has 1 aromatic heterocycles. The van der Waals surface area contributed by atoms with E-state index in [1.165, 1.54) is 25.7 Å². The van der Waals surface area contributed by atoms with Crippen molar-refractivity contribution >= 4 is 5.82 Å². The summed E-state index contributed by atoms with van der Waals surface area (Å²) in [5.41, 5.74) is 1.26. The molecule has 0 amide bonds. The standard InChI is InChI=1S/C16H27N3/c1-16(2,3)17-12-13-8-7-11-15(18-13)19(4)14-9-5-6-10-14/h7-8,11,14,17H,5-6,9-10,12H2,1-4H3. The highest BCUT2D eigenvalue weighted by Gasteiger charge is 2.20. The molecule has 0 unspecified atom stereocenters. The average Bonchev–Trinajstić information content (AvgIpc) is 2.89. The lowest BCUT2D eigenvalue weighted by Crippen LogP contribution is -2.35. The molecule has 0 bridgehead atoms. The molecule has 0 aromatic carbocycles. The summed E-state index contributed by atoms with van der Waals surface area (Å²) in [6.45, 7) is 7.38. The first-order valence-corrected chi connectivity index (χ1v) is 7.39. The monoisotopic (exact) mass is 261 g/mol. The molecule has 1 saturated carbocycles. The number of aromatic nitrogens is 1. The lowest BCUT2D eigenvalue weighted by molar-refractivity contribution is 0.421. The molecule has 3 heteroatoms. The van der Waals surface area contributed by atoms with E-state index < -0.39 is 0 Å². The van der Waals surface area contributed by atoms with Gasteiger partial charge in [-0.2, -0.15) is 0 Å². The second kappa shape index (κ2) is 5.91. The summed E-state index contributed by atoms with van der Waals surface area (Å²) in [6.07, 6.45) is 5.34. The zero-order valence-corrected chi connectivity index (χ0v) is 12.7. The van der Waals surface area contributed by atoms with Crippen LogP contribution in [0.2, 0.25) is 0 Å². The summed E-state index contributed by atoms with van der Waals surface area (Å²) < 4.78 is 0. The van der Waals surface area contributed by atoms with Crippen LogP contribution in [-0.2, 0) is 6.54 Å². The van der Waals surface area contributed by atoms with Gasteiger partial charge in [0.05, 0.1) is 5.69 Å². The quantitative estimate of drug-likeness (QED) is 0.901. The number of nitrogens with zero attached hydrogens (tertiary/aromatic N) is 2. The Morgan fingerprint density at radius 1 is 1.26 bits per heavy atom. The van der Waals surface area contributed by atoms with Gasteiger partial charge < -0.3 is 10.2 Å². The van der Waals surface area contributed by atoms with Gasteiger partial charge in [0.1, 0.15) is 5.82 Å². The maximum Gasteiger partial charge on any atom is 0.128 e. The van der Waals surface area contributed by atoms with Crippen molar-refractivity contribution in [2.24, 2.45) is 0 Å². The number of anilines is 1. The molecule has 0 radical (unpaired) electrons. The van der Waals surface area contributed by atoms with Gasteiger partial charge in [0, 0.05) is 25.2 Å². The zero-order chi connectivity index (χ0) is 13.9. The van der Waals surface area contributed by atoms with Crippen LogP contribution < -0.4 is 10.2 Å². The van der Waals surface area contributed by atoms with Crippen molar-refractivity contribution in [3.63, 3.8) is 0 Å². The van der Waals surface area contributed by atoms with Gasteiger partial charge in [-0.1, -0.05) is 18.9 Å². The van der Waals surface area contributed by atoms with Crippen LogP contribution >= 0.6 is 0 Å². The van der Waals surface area contributed by atoms with Gasteiger partial charge in [-0.3, -0.25) is 0 Å². The number of hydrogen-bond acceptors (Lipinski definition) is 3. The predicted molar refractivity (Wildman–Crippen MR) is 81.5 cm³/mol. The van der Waals surface area contributed by atoms with Crippen molar-refractivity contribution < 1.29 is 0 Å². The SMILES string of the molecule is CN(c1cccc(CNC(C)(C)C)n1)C1CCCC1. The van der Waals surface area contributed by atoms with Crippen molar-refractivity contribution in [1.29, 1.82) is 0 Å². The van der Waals surface area contributed by atoms with Crippen LogP contribution in [0.25, 0.3) is 0 Å². The molecule has 0 saturated heterocycles. The fourth-order valence-electron chi connectivity index (χ4n) is 2.60. The normalized spacial score (nSPS) is 16.8. The van der Waals surface area contributed by atoms with Gasteiger partial charge in [0.2, 0.25) is 0 Å². The lowest BCUT2D eigenvalue weighted by atomic mass is 10.1. The van der Waals surface area contributed by atoms with Crippen molar-refractivity contribution in [2.75, 3.05) is 11.9 Å². The summed E-state index contributed by atoms with van der Waals surface area (Å²) in [4.78, 5) is 7.14. The van der Waals surface area contributed by atoms with E-state index in [4.69, 9.17) is 4.98 Å². The zero-order valence-electron chi connectivity index (χ0n) is 12.7. The highest BCUT2D eigenvalue weighted by molar-refractivity contribution is 5.39. The molecular formula is C16H27N3. The van der Waals surface area contributed by atoms with Crippen LogP contribution in [-0.4, -0.2) is 23.6 Å². The summed E-state index contributed by atoms with van der Waals surface area (Å²) in [6, 6.07) is 7.02. The second-order valence-electron chi connectivity index (χ2n) is 6.64. The highest BCUT2D eigenvalue weighted by atomic mass is 15.2. The largest absolute Gasteiger partial charge is 0.357 e. The fourth-order valence-corrected chi connectivity index (χ4v) is 2.60. The Balaban J connectivity index is 2.01. The van der Waals surface area contributed by atoms with Crippen LogP contribution in [0.3, 0.4) is 0 Å². The molecule has 1 aliphatic rings. The summed E-state index contributed by atoms with van der Waals surface area (Å²) in [7, 11) is 2.18. The molecule has 1 aliphatic carbocycles. The van der Waals surface area contributed by atoms with E-state index in [2.05, 4.69) is 56.2 Å². The smallest absolute Gasteiger partial charge is 0.128 e. The molecule has 1 fully saturated rings. The van der Waals surface area contributed by atoms with E-state index in [0.717, 1.165) is 18.1 Å². The third-order valence-electron chi connectivity index (χ3n) is 3.83. The lowest BCUT2D eigenvalue weighted by Gasteiger charge is -2.26. The molecule has 1 heterocycles. The summed E-state index contributed by atoms with van der Waals surface area (Å²) in [5, 5.41) is 3.49. The molecule has 1 aromatic rings. The minimum absolute atomic E-state index is 0.134. The molecule has 0 atom stereocenters. The third kappa shape index (κ3) is 4.20. The van der Waals surface area contributed by atoms with Gasteiger partial charge in [-0.05, 0) is 45.7 Å². The number of nitrogens with one attached hydrogen (secondary N) is 1. The van der Waals surface area contributed by atoms with Crippen LogP contribution in [0.1, 0.15) is 52.1 Å². The van der Waals surface area contributed by atoms with Gasteiger partial charge >= 0.3 is 0 Å². The van der Waals surface area contributed by atoms with Crippen LogP contribution in [0.5, 0.6) is 0 Å². The van der Waals surface area contributed by atoms with E-state index in [9.17, 15) is 0 Å². The van der Waals surface area contributed by atoms with Gasteiger partial charge in [-0.15, -0.1) is 0 Å². The molecular weight excluding hydrogens is 234 g/mol. The minimum Gasteiger partial charge on any atom is -0.357 e. The Bertz CT molecular complexity index is 403. The Morgan fingerprint density at radius 2 is 1.95 bits per heavy atom. The summed E-state index contributed by atoms with van der Waals surface area (Å²) in [5.74, 6) is 1.11. The topological polar surface area (TPSA) is 28.2 Å². The Hall–Kier alpha value is -1.09. The van der Waals surface area contributed by atoms with Crippen molar-refractivity contribution in [2.45, 2.75) is 64.6 Å². The van der Waals surface area contributed by atoms with Crippen LogP contribution in [0.4, 0.5) is 5.82 Å². The van der Waals surface area contributed by atoms with E-state index in [0.29, 0.717) is 6.04 Å². The van der Waals surface area contributed by atoms with E-state index in [-0.39, 0.29) is 5.54 Å². The second-order valence-corrected chi connectivity index (χ2v) is 6.64. The maximum absolute atomic E-state index is 4.78. The van der Waals surface area contributed by atoms with Gasteiger partial charge in [0.25, 0.3) is 0 Å². The van der Waals surface area contributed by atoms with E-state index in [1.807, 2.05) is 0 Å². The van der Waals surface area contributed by atoms with Crippen LogP contribution in [0.15, 0.2) is 18.2 Å². The number of rotatable bonds is 4. The minimum atomic E-state index is 0.134. The van der Waals surface area contributed by atoms with Gasteiger partial charge in [0.15, 0.2) is 0 Å². The molecule has 2 rings (SSSR count). The number of pyridine rings is 1. The van der Waals surface area contributed by atoms with E-state index in [1.54, 1.807) is 0 Å². The van der Waals surface area contributed by atoms with Crippen molar-refractivity contribution in [3.05, 3.63) is 23.9 Å². The first kappa shape index (κ1) is 14.3. The van der Waals surface area contributed by atoms with E-state index >= 15 is 0 Å². The first-order valence-electron chi connectivity index (χ1n) is 7.39. The molecule has 0 spiro atoms. The van der Waals surface area contributed by atoms with Crippen molar-refractivity contribution in [1.82, 2.24) is 10.3 Å². The highest BCUT2D eigenvalue weighted by Crippen LogP contribution is 2.25. The molecule has 3 nitrogen and oxygen atoms in total. The molecule has 106 valence electrons. The Kier molecular flexibility index (Phi) is 4.46. The molecule has 1 N–H and O–H groups in total. The Morgan fingerprint density at radius 3 is 2.58 bits per heavy atom. The van der Waals surface area contributed by atoms with Crippen molar-refractivity contribution in [3.8, 4) is 0 Å². The third-order valence-corrected chi connectivity index (χ3v) is 3.83. The molecule has 19 heavy (non-hydrogen) atoms. The Labute approximate surface area is 117 Å². The number of hydrogen-bond donors (Lipinski definition) is 1. The summed E-state index contributed by atoms with van der Waals surface area (Å²) >= 11 is 0. The average molecular weight is 261 g/mol. The van der Waals surface area contributed by atoms with Gasteiger partial charge in [-0.25, -0.2) is 4.98 Å². The first-order chi connectivity index (χ1) is 8.96. The predicted octanol–water partition coefficient (Wildman–Crippen LogP) is 3.35. The maximum atomic E-state index is 4.78. The van der Waals surface area contributed by atoms with Crippen LogP contribution in [0, 0.1) is 0 Å². The fraction of sp³-hybridized carbons (Fsp3) is 0.688. The molecule has 0 aliphatic heterocycles.